The second-order valence-electron chi connectivity index (χ2n) is 5.68. The number of ether oxygens (including phenoxy) is 1. The Hall–Kier alpha value is -1.42. The fourth-order valence-electron chi connectivity index (χ4n) is 2.89. The first-order valence-electron chi connectivity index (χ1n) is 7.37. The average molecular weight is 277 g/mol. The van der Waals surface area contributed by atoms with Crippen LogP contribution in [0.5, 0.6) is 0 Å². The maximum atomic E-state index is 12.9. The van der Waals surface area contributed by atoms with Crippen LogP contribution < -0.4 is 0 Å². The number of carbonyl (C=O) groups excluding carboxylic acids is 1. The molecule has 0 radical (unpaired) electrons. The van der Waals surface area contributed by atoms with Crippen LogP contribution in [0.2, 0.25) is 0 Å². The molecule has 1 aliphatic carbocycles. The van der Waals surface area contributed by atoms with E-state index in [1.165, 1.54) is 12.1 Å². The third kappa shape index (κ3) is 3.18. The molecule has 1 aromatic rings. The van der Waals surface area contributed by atoms with E-state index in [1.807, 2.05) is 0 Å². The predicted octanol–water partition coefficient (Wildman–Crippen LogP) is 2.54. The summed E-state index contributed by atoms with van der Waals surface area (Å²) in [7, 11) is 0. The van der Waals surface area contributed by atoms with E-state index in [-0.39, 0.29) is 11.7 Å². The monoisotopic (exact) mass is 277 g/mol. The van der Waals surface area contributed by atoms with Gasteiger partial charge in [0.15, 0.2) is 0 Å². The molecule has 0 spiro atoms. The maximum Gasteiger partial charge on any atom is 0.227 e. The molecule has 0 atom stereocenters. The number of halogens is 1. The van der Waals surface area contributed by atoms with Gasteiger partial charge in [-0.3, -0.25) is 4.79 Å². The van der Waals surface area contributed by atoms with Crippen LogP contribution >= 0.6 is 0 Å². The van der Waals surface area contributed by atoms with Crippen molar-refractivity contribution in [2.75, 3.05) is 13.2 Å². The Morgan fingerprint density at radius 2 is 1.70 bits per heavy atom. The fraction of sp³-hybridized carbons (Fsp3) is 0.562. The van der Waals surface area contributed by atoms with Crippen LogP contribution in [-0.2, 0) is 16.0 Å². The number of benzene rings is 1. The molecule has 1 aromatic carbocycles. The van der Waals surface area contributed by atoms with Gasteiger partial charge in [-0.05, 0) is 43.4 Å². The lowest BCUT2D eigenvalue weighted by Crippen LogP contribution is -2.45. The molecule has 2 fully saturated rings. The van der Waals surface area contributed by atoms with Crippen LogP contribution in [-0.4, -0.2) is 36.1 Å². The largest absolute Gasteiger partial charge is 0.381 e. The zero-order valence-corrected chi connectivity index (χ0v) is 11.6. The van der Waals surface area contributed by atoms with E-state index in [1.54, 1.807) is 12.1 Å². The number of hydrogen-bond acceptors (Lipinski definition) is 2. The minimum atomic E-state index is -0.260. The second-order valence-corrected chi connectivity index (χ2v) is 5.68. The highest BCUT2D eigenvalue weighted by molar-refractivity contribution is 5.79. The highest BCUT2D eigenvalue weighted by Crippen LogP contribution is 2.32. The van der Waals surface area contributed by atoms with Gasteiger partial charge in [0, 0.05) is 25.3 Å². The standard InChI is InChI=1S/C16H20FNO2/c17-13-3-1-12(2-4-13)11-16(19)18(14-5-6-14)15-7-9-20-10-8-15/h1-4,14-15H,5-11H2. The molecule has 0 N–H and O–H groups in total. The van der Waals surface area contributed by atoms with Crippen molar-refractivity contribution in [2.45, 2.75) is 44.2 Å². The SMILES string of the molecule is O=C(Cc1ccc(F)cc1)N(C1CCOCC1)C1CC1. The lowest BCUT2D eigenvalue weighted by molar-refractivity contribution is -0.135. The molecular weight excluding hydrogens is 257 g/mol. The van der Waals surface area contributed by atoms with E-state index >= 15 is 0 Å². The van der Waals surface area contributed by atoms with Crippen LogP contribution in [0.3, 0.4) is 0 Å². The first-order chi connectivity index (χ1) is 9.74. The molecule has 3 nitrogen and oxygen atoms in total. The summed E-state index contributed by atoms with van der Waals surface area (Å²) in [5.41, 5.74) is 0.883. The minimum absolute atomic E-state index is 0.172. The van der Waals surface area contributed by atoms with Gasteiger partial charge in [0.05, 0.1) is 6.42 Å². The summed E-state index contributed by atoms with van der Waals surface area (Å²) in [6, 6.07) is 6.97. The number of hydrogen-bond donors (Lipinski definition) is 0. The number of rotatable bonds is 4. The van der Waals surface area contributed by atoms with Crippen LogP contribution in [0.4, 0.5) is 4.39 Å². The smallest absolute Gasteiger partial charge is 0.227 e. The zero-order valence-electron chi connectivity index (χ0n) is 11.6. The van der Waals surface area contributed by atoms with Crippen molar-refractivity contribution in [3.8, 4) is 0 Å². The molecule has 2 aliphatic rings. The fourth-order valence-corrected chi connectivity index (χ4v) is 2.89. The summed E-state index contributed by atoms with van der Waals surface area (Å²) < 4.78 is 18.3. The Kier molecular flexibility index (Phi) is 4.01. The molecule has 0 aromatic heterocycles. The number of amides is 1. The van der Waals surface area contributed by atoms with Crippen LogP contribution in [0, 0.1) is 5.82 Å². The first-order valence-corrected chi connectivity index (χ1v) is 7.37. The van der Waals surface area contributed by atoms with Crippen molar-refractivity contribution in [3.05, 3.63) is 35.6 Å². The van der Waals surface area contributed by atoms with Gasteiger partial charge in [0.25, 0.3) is 0 Å². The third-order valence-electron chi connectivity index (χ3n) is 4.08. The molecule has 1 heterocycles. The molecule has 1 saturated carbocycles. The lowest BCUT2D eigenvalue weighted by Gasteiger charge is -2.34. The zero-order chi connectivity index (χ0) is 13.9. The van der Waals surface area contributed by atoms with E-state index in [2.05, 4.69) is 4.90 Å². The van der Waals surface area contributed by atoms with Crippen molar-refractivity contribution >= 4 is 5.91 Å². The van der Waals surface area contributed by atoms with Gasteiger partial charge in [-0.25, -0.2) is 4.39 Å². The summed E-state index contributed by atoms with van der Waals surface area (Å²) in [6.45, 7) is 1.50. The Labute approximate surface area is 118 Å². The van der Waals surface area contributed by atoms with Crippen molar-refractivity contribution in [3.63, 3.8) is 0 Å². The molecule has 20 heavy (non-hydrogen) atoms. The van der Waals surface area contributed by atoms with Crippen LogP contribution in [0.15, 0.2) is 24.3 Å². The highest BCUT2D eigenvalue weighted by Gasteiger charge is 2.37. The van der Waals surface area contributed by atoms with E-state index in [0.29, 0.717) is 18.5 Å². The molecule has 1 saturated heterocycles. The van der Waals surface area contributed by atoms with Gasteiger partial charge < -0.3 is 9.64 Å². The van der Waals surface area contributed by atoms with E-state index in [9.17, 15) is 9.18 Å². The molecule has 1 amide bonds. The number of carbonyl (C=O) groups is 1. The van der Waals surface area contributed by atoms with Gasteiger partial charge >= 0.3 is 0 Å². The van der Waals surface area contributed by atoms with E-state index in [4.69, 9.17) is 4.74 Å². The third-order valence-corrected chi connectivity index (χ3v) is 4.08. The first kappa shape index (κ1) is 13.6. The summed E-state index contributed by atoms with van der Waals surface area (Å²) >= 11 is 0. The van der Waals surface area contributed by atoms with E-state index < -0.39 is 0 Å². The summed E-state index contributed by atoms with van der Waals surface area (Å²) in [5.74, 6) is -0.0873. The number of nitrogens with zero attached hydrogens (tertiary/aromatic N) is 1. The Morgan fingerprint density at radius 1 is 1.10 bits per heavy atom. The molecule has 0 unspecified atom stereocenters. The Bertz CT molecular complexity index is 464. The predicted molar refractivity (Wildman–Crippen MR) is 73.8 cm³/mol. The van der Waals surface area contributed by atoms with Gasteiger partial charge in [0.2, 0.25) is 5.91 Å². The Morgan fingerprint density at radius 3 is 2.30 bits per heavy atom. The lowest BCUT2D eigenvalue weighted by atomic mass is 10.0. The molecule has 1 aliphatic heterocycles. The van der Waals surface area contributed by atoms with Gasteiger partial charge in [-0.2, -0.15) is 0 Å². The molecule has 3 rings (SSSR count). The van der Waals surface area contributed by atoms with Crippen molar-refractivity contribution in [1.82, 2.24) is 4.90 Å². The van der Waals surface area contributed by atoms with Gasteiger partial charge in [0.1, 0.15) is 5.82 Å². The average Bonchev–Trinajstić information content (AvgIpc) is 3.28. The minimum Gasteiger partial charge on any atom is -0.381 e. The molecule has 4 heteroatoms. The summed E-state index contributed by atoms with van der Waals surface area (Å²) in [6.07, 6.45) is 4.48. The van der Waals surface area contributed by atoms with Crippen molar-refractivity contribution in [2.24, 2.45) is 0 Å². The summed E-state index contributed by atoms with van der Waals surface area (Å²) in [4.78, 5) is 14.6. The second kappa shape index (κ2) is 5.92. The topological polar surface area (TPSA) is 29.5 Å². The summed E-state index contributed by atoms with van der Waals surface area (Å²) in [5, 5.41) is 0. The highest BCUT2D eigenvalue weighted by atomic mass is 19.1. The molecule has 0 bridgehead atoms. The van der Waals surface area contributed by atoms with Crippen molar-refractivity contribution in [1.29, 1.82) is 0 Å². The van der Waals surface area contributed by atoms with Gasteiger partial charge in [-0.15, -0.1) is 0 Å². The Balaban J connectivity index is 1.67. The normalized spacial score (nSPS) is 19.9. The maximum absolute atomic E-state index is 12.9. The molecule has 108 valence electrons. The quantitative estimate of drug-likeness (QED) is 0.846. The van der Waals surface area contributed by atoms with Crippen LogP contribution in [0.25, 0.3) is 0 Å². The van der Waals surface area contributed by atoms with Crippen LogP contribution in [0.1, 0.15) is 31.2 Å². The van der Waals surface area contributed by atoms with E-state index in [0.717, 1.165) is 44.5 Å². The van der Waals surface area contributed by atoms with Crippen molar-refractivity contribution < 1.29 is 13.9 Å². The van der Waals surface area contributed by atoms with Gasteiger partial charge in [-0.1, -0.05) is 12.1 Å². The molecular formula is C16H20FNO2.